The Labute approximate surface area is 146 Å². The van der Waals surface area contributed by atoms with Crippen molar-refractivity contribution in [3.63, 3.8) is 0 Å². The van der Waals surface area contributed by atoms with E-state index in [2.05, 4.69) is 25.8 Å². The number of hydrogen-bond acceptors (Lipinski definition) is 2. The smallest absolute Gasteiger partial charge is 0.191 e. The largest absolute Gasteiger partial charge is 0.357 e. The van der Waals surface area contributed by atoms with Crippen LogP contribution in [-0.4, -0.2) is 29.2 Å². The lowest BCUT2D eigenvalue weighted by Crippen LogP contribution is -2.37. The Hall–Kier alpha value is -1.72. The number of halogens is 2. The van der Waals surface area contributed by atoms with E-state index >= 15 is 0 Å². The molecule has 1 heterocycles. The standard InChI is InChI=1S/C16H21Cl2N5/c1-2-19-16(21-11-14-7-9-22-23-14)20-8-3-4-12-5-6-13(17)10-15(12)18/h5-7,9-10H,2-4,8,11H2,1H3,(H,22,23)(H2,19,20,21). The van der Waals surface area contributed by atoms with Crippen molar-refractivity contribution in [3.05, 3.63) is 51.8 Å². The van der Waals surface area contributed by atoms with E-state index in [9.17, 15) is 0 Å². The Balaban J connectivity index is 1.78. The van der Waals surface area contributed by atoms with Gasteiger partial charge in [0.15, 0.2) is 5.96 Å². The minimum absolute atomic E-state index is 0.568. The van der Waals surface area contributed by atoms with Gasteiger partial charge in [0.1, 0.15) is 0 Å². The molecule has 2 aromatic rings. The van der Waals surface area contributed by atoms with Gasteiger partial charge in [-0.3, -0.25) is 5.10 Å². The number of guanidine groups is 1. The quantitative estimate of drug-likeness (QED) is 0.406. The molecule has 0 unspecified atom stereocenters. The van der Waals surface area contributed by atoms with Crippen molar-refractivity contribution in [1.29, 1.82) is 0 Å². The van der Waals surface area contributed by atoms with Crippen LogP contribution in [0.5, 0.6) is 0 Å². The fraction of sp³-hybridized carbons (Fsp3) is 0.375. The van der Waals surface area contributed by atoms with Gasteiger partial charge in [-0.1, -0.05) is 29.3 Å². The van der Waals surface area contributed by atoms with Crippen LogP contribution in [0.25, 0.3) is 0 Å². The van der Waals surface area contributed by atoms with Crippen molar-refractivity contribution in [3.8, 4) is 0 Å². The van der Waals surface area contributed by atoms with Gasteiger partial charge in [-0.05, 0) is 43.5 Å². The molecule has 0 amide bonds. The number of H-pyrrole nitrogens is 1. The average Bonchev–Trinajstić information content (AvgIpc) is 3.04. The summed E-state index contributed by atoms with van der Waals surface area (Å²) in [6.07, 6.45) is 3.57. The third-order valence-electron chi connectivity index (χ3n) is 3.24. The van der Waals surface area contributed by atoms with Gasteiger partial charge in [-0.2, -0.15) is 5.10 Å². The van der Waals surface area contributed by atoms with Crippen molar-refractivity contribution in [2.45, 2.75) is 26.3 Å². The summed E-state index contributed by atoms with van der Waals surface area (Å²) in [6, 6.07) is 7.53. The minimum atomic E-state index is 0.568. The number of nitrogens with zero attached hydrogens (tertiary/aromatic N) is 2. The van der Waals surface area contributed by atoms with Crippen molar-refractivity contribution < 1.29 is 0 Å². The number of aryl methyl sites for hydroxylation is 1. The van der Waals surface area contributed by atoms with Crippen LogP contribution in [0.3, 0.4) is 0 Å². The van der Waals surface area contributed by atoms with E-state index in [1.54, 1.807) is 12.3 Å². The Morgan fingerprint density at radius 2 is 2.13 bits per heavy atom. The van der Waals surface area contributed by atoms with Crippen LogP contribution in [0.15, 0.2) is 35.5 Å². The number of aliphatic imine (C=N–C) groups is 1. The van der Waals surface area contributed by atoms with Crippen molar-refractivity contribution in [2.24, 2.45) is 4.99 Å². The molecule has 3 N–H and O–H groups in total. The first-order valence-corrected chi connectivity index (χ1v) is 8.39. The lowest BCUT2D eigenvalue weighted by atomic mass is 10.1. The fourth-order valence-electron chi connectivity index (χ4n) is 2.09. The van der Waals surface area contributed by atoms with Gasteiger partial charge in [0, 0.05) is 29.3 Å². The summed E-state index contributed by atoms with van der Waals surface area (Å²) in [4.78, 5) is 4.51. The molecule has 124 valence electrons. The van der Waals surface area contributed by atoms with Gasteiger partial charge in [0.05, 0.1) is 12.2 Å². The molecule has 0 saturated carbocycles. The van der Waals surface area contributed by atoms with Crippen molar-refractivity contribution >= 4 is 29.2 Å². The van der Waals surface area contributed by atoms with Gasteiger partial charge in [0.2, 0.25) is 0 Å². The first kappa shape index (κ1) is 17.6. The van der Waals surface area contributed by atoms with Crippen LogP contribution in [0, 0.1) is 0 Å². The monoisotopic (exact) mass is 353 g/mol. The second kappa shape index (κ2) is 9.43. The normalized spacial score (nSPS) is 11.5. The molecule has 0 saturated heterocycles. The summed E-state index contributed by atoms with van der Waals surface area (Å²) in [5.74, 6) is 0.796. The highest BCUT2D eigenvalue weighted by atomic mass is 35.5. The predicted molar refractivity (Wildman–Crippen MR) is 96.2 cm³/mol. The predicted octanol–water partition coefficient (Wildman–Crippen LogP) is 3.40. The molecule has 5 nitrogen and oxygen atoms in total. The maximum atomic E-state index is 6.18. The molecular formula is C16H21Cl2N5. The lowest BCUT2D eigenvalue weighted by molar-refractivity contribution is 0.742. The first-order valence-electron chi connectivity index (χ1n) is 7.63. The zero-order chi connectivity index (χ0) is 16.5. The highest BCUT2D eigenvalue weighted by molar-refractivity contribution is 6.35. The third kappa shape index (κ3) is 6.12. The molecule has 0 aliphatic carbocycles. The Morgan fingerprint density at radius 3 is 2.83 bits per heavy atom. The summed E-state index contributed by atoms with van der Waals surface area (Å²) >= 11 is 12.1. The molecule has 23 heavy (non-hydrogen) atoms. The zero-order valence-electron chi connectivity index (χ0n) is 13.1. The Kier molecular flexibility index (Phi) is 7.23. The van der Waals surface area contributed by atoms with Crippen LogP contribution in [0.4, 0.5) is 0 Å². The molecular weight excluding hydrogens is 333 g/mol. The Bertz CT molecular complexity index is 625. The molecule has 0 bridgehead atoms. The average molecular weight is 354 g/mol. The van der Waals surface area contributed by atoms with E-state index in [1.807, 2.05) is 25.1 Å². The summed E-state index contributed by atoms with van der Waals surface area (Å²) in [7, 11) is 0. The summed E-state index contributed by atoms with van der Waals surface area (Å²) in [5.41, 5.74) is 2.09. The van der Waals surface area contributed by atoms with Gasteiger partial charge < -0.3 is 10.6 Å². The van der Waals surface area contributed by atoms with Crippen molar-refractivity contribution in [1.82, 2.24) is 20.8 Å². The third-order valence-corrected chi connectivity index (χ3v) is 3.83. The maximum Gasteiger partial charge on any atom is 0.191 e. The number of benzene rings is 1. The van der Waals surface area contributed by atoms with Crippen molar-refractivity contribution in [2.75, 3.05) is 13.1 Å². The highest BCUT2D eigenvalue weighted by Crippen LogP contribution is 2.21. The molecule has 0 atom stereocenters. The number of nitrogens with one attached hydrogen (secondary N) is 3. The number of aromatic amines is 1. The SMILES string of the molecule is CCNC(=NCc1ccn[nH]1)NCCCc1ccc(Cl)cc1Cl. The van der Waals surface area contributed by atoms with Gasteiger partial charge in [-0.25, -0.2) is 4.99 Å². The van der Waals surface area contributed by atoms with E-state index in [0.29, 0.717) is 11.6 Å². The summed E-state index contributed by atoms with van der Waals surface area (Å²) in [5, 5.41) is 14.7. The van der Waals surface area contributed by atoms with E-state index < -0.39 is 0 Å². The van der Waals surface area contributed by atoms with Crippen LogP contribution in [0.2, 0.25) is 10.0 Å². The molecule has 0 spiro atoms. The second-order valence-corrected chi connectivity index (χ2v) is 5.89. The molecule has 0 aliphatic rings. The second-order valence-electron chi connectivity index (χ2n) is 5.04. The molecule has 0 fully saturated rings. The van der Waals surface area contributed by atoms with E-state index in [4.69, 9.17) is 23.2 Å². The van der Waals surface area contributed by atoms with Gasteiger partial charge >= 0.3 is 0 Å². The molecule has 1 aromatic heterocycles. The van der Waals surface area contributed by atoms with Crippen LogP contribution >= 0.6 is 23.2 Å². The molecule has 1 aromatic carbocycles. The van der Waals surface area contributed by atoms with Crippen LogP contribution < -0.4 is 10.6 Å². The Morgan fingerprint density at radius 1 is 1.26 bits per heavy atom. The minimum Gasteiger partial charge on any atom is -0.357 e. The number of hydrogen-bond donors (Lipinski definition) is 3. The lowest BCUT2D eigenvalue weighted by Gasteiger charge is -2.11. The first-order chi connectivity index (χ1) is 11.2. The number of aromatic nitrogens is 2. The van der Waals surface area contributed by atoms with E-state index in [-0.39, 0.29) is 0 Å². The van der Waals surface area contributed by atoms with E-state index in [1.165, 1.54) is 0 Å². The topological polar surface area (TPSA) is 65.1 Å². The van der Waals surface area contributed by atoms with Crippen LogP contribution in [-0.2, 0) is 13.0 Å². The number of rotatable bonds is 7. The fourth-order valence-corrected chi connectivity index (χ4v) is 2.59. The summed E-state index contributed by atoms with van der Waals surface area (Å²) in [6.45, 7) is 4.24. The van der Waals surface area contributed by atoms with Gasteiger partial charge in [-0.15, -0.1) is 0 Å². The molecule has 0 radical (unpaired) electrons. The van der Waals surface area contributed by atoms with Gasteiger partial charge in [0.25, 0.3) is 0 Å². The molecule has 2 rings (SSSR count). The molecule has 0 aliphatic heterocycles. The highest BCUT2D eigenvalue weighted by Gasteiger charge is 2.02. The van der Waals surface area contributed by atoms with Crippen LogP contribution in [0.1, 0.15) is 24.6 Å². The summed E-state index contributed by atoms with van der Waals surface area (Å²) < 4.78 is 0. The zero-order valence-corrected chi connectivity index (χ0v) is 14.6. The van der Waals surface area contributed by atoms with E-state index in [0.717, 1.165) is 48.2 Å². The maximum absolute atomic E-state index is 6.18. The molecule has 7 heteroatoms.